The molecule has 0 saturated carbocycles. The fourth-order valence-corrected chi connectivity index (χ4v) is 3.57. The first kappa shape index (κ1) is 17.2. The van der Waals surface area contributed by atoms with Crippen molar-refractivity contribution in [1.29, 1.82) is 0 Å². The highest BCUT2D eigenvalue weighted by molar-refractivity contribution is 5.63. The van der Waals surface area contributed by atoms with Gasteiger partial charge in [0.05, 0.1) is 5.60 Å². The fraction of sp³-hybridized carbons (Fsp3) is 0.429. The minimum absolute atomic E-state index is 0.517. The van der Waals surface area contributed by atoms with Gasteiger partial charge in [-0.05, 0) is 43.6 Å². The number of likely N-dealkylation sites (N-methyl/N-ethyl adjacent to an activating group) is 1. The summed E-state index contributed by atoms with van der Waals surface area (Å²) >= 11 is 0. The number of piperidine rings is 1. The zero-order valence-corrected chi connectivity index (χ0v) is 14.8. The van der Waals surface area contributed by atoms with E-state index in [9.17, 15) is 5.11 Å². The number of nitrogens with zero attached hydrogens (tertiary/aromatic N) is 2. The highest BCUT2D eigenvalue weighted by atomic mass is 16.3. The van der Waals surface area contributed by atoms with Crippen molar-refractivity contribution in [2.45, 2.75) is 25.0 Å². The van der Waals surface area contributed by atoms with Crippen molar-refractivity contribution in [3.63, 3.8) is 0 Å². The first-order chi connectivity index (χ1) is 11.5. The predicted molar refractivity (Wildman–Crippen MR) is 99.9 cm³/mol. The Labute approximate surface area is 145 Å². The van der Waals surface area contributed by atoms with Crippen LogP contribution in [0.15, 0.2) is 54.6 Å². The van der Waals surface area contributed by atoms with E-state index in [1.165, 1.54) is 16.7 Å². The van der Waals surface area contributed by atoms with Crippen molar-refractivity contribution < 1.29 is 5.11 Å². The lowest BCUT2D eigenvalue weighted by Crippen LogP contribution is -2.49. The van der Waals surface area contributed by atoms with Crippen molar-refractivity contribution >= 4 is 0 Å². The average Bonchev–Trinajstić information content (AvgIpc) is 2.58. The molecule has 0 bridgehead atoms. The number of hydrogen-bond donors (Lipinski definition) is 1. The molecule has 0 atom stereocenters. The van der Waals surface area contributed by atoms with Gasteiger partial charge in [-0.3, -0.25) is 4.90 Å². The molecule has 1 aliphatic heterocycles. The van der Waals surface area contributed by atoms with Crippen LogP contribution in [-0.2, 0) is 6.54 Å². The van der Waals surface area contributed by atoms with E-state index in [2.05, 4.69) is 58.3 Å². The molecular formula is C21H28N2O. The van der Waals surface area contributed by atoms with Crippen LogP contribution in [0.25, 0.3) is 11.1 Å². The molecule has 1 aliphatic rings. The molecule has 1 fully saturated rings. The summed E-state index contributed by atoms with van der Waals surface area (Å²) in [7, 11) is 4.05. The van der Waals surface area contributed by atoms with Crippen molar-refractivity contribution in [2.75, 3.05) is 33.7 Å². The Morgan fingerprint density at radius 3 is 2.08 bits per heavy atom. The molecule has 1 saturated heterocycles. The molecule has 3 rings (SSSR count). The van der Waals surface area contributed by atoms with E-state index >= 15 is 0 Å². The normalized spacial score (nSPS) is 18.0. The van der Waals surface area contributed by atoms with Crippen molar-refractivity contribution in [3.05, 3.63) is 60.2 Å². The molecule has 0 amide bonds. The quantitative estimate of drug-likeness (QED) is 0.915. The Balaban J connectivity index is 1.56. The Kier molecular flexibility index (Phi) is 5.34. The molecule has 0 unspecified atom stereocenters. The second kappa shape index (κ2) is 7.47. The summed E-state index contributed by atoms with van der Waals surface area (Å²) in [6.07, 6.45) is 1.71. The van der Waals surface area contributed by atoms with Crippen LogP contribution in [0.2, 0.25) is 0 Å². The second-order valence-electron chi connectivity index (χ2n) is 7.30. The molecule has 2 aromatic rings. The van der Waals surface area contributed by atoms with Crippen LogP contribution in [0.4, 0.5) is 0 Å². The highest BCUT2D eigenvalue weighted by Gasteiger charge is 2.32. The second-order valence-corrected chi connectivity index (χ2v) is 7.30. The van der Waals surface area contributed by atoms with Crippen LogP contribution in [0.3, 0.4) is 0 Å². The summed E-state index contributed by atoms with van der Waals surface area (Å²) in [5.41, 5.74) is 3.35. The highest BCUT2D eigenvalue weighted by Crippen LogP contribution is 2.25. The summed E-state index contributed by atoms with van der Waals surface area (Å²) in [5, 5.41) is 10.6. The fourth-order valence-electron chi connectivity index (χ4n) is 3.57. The van der Waals surface area contributed by atoms with Crippen LogP contribution in [0.5, 0.6) is 0 Å². The third-order valence-electron chi connectivity index (χ3n) is 4.86. The van der Waals surface area contributed by atoms with Crippen LogP contribution in [0.1, 0.15) is 18.4 Å². The first-order valence-corrected chi connectivity index (χ1v) is 8.78. The molecule has 0 spiro atoms. The predicted octanol–water partition coefficient (Wildman–Crippen LogP) is 3.24. The van der Waals surface area contributed by atoms with E-state index in [4.69, 9.17) is 0 Å². The molecule has 24 heavy (non-hydrogen) atoms. The number of aliphatic hydroxyl groups is 1. The molecule has 3 heteroatoms. The SMILES string of the molecule is CN(C)CC1(O)CCN(Cc2ccc(-c3ccccc3)cc2)CC1. The monoisotopic (exact) mass is 324 g/mol. The zero-order valence-electron chi connectivity index (χ0n) is 14.8. The van der Waals surface area contributed by atoms with Crippen LogP contribution >= 0.6 is 0 Å². The van der Waals surface area contributed by atoms with Gasteiger partial charge in [0.1, 0.15) is 0 Å². The summed E-state index contributed by atoms with van der Waals surface area (Å²) in [6.45, 7) is 3.65. The lowest BCUT2D eigenvalue weighted by atomic mass is 9.90. The Morgan fingerprint density at radius 1 is 0.917 bits per heavy atom. The van der Waals surface area contributed by atoms with Gasteiger partial charge in [0.25, 0.3) is 0 Å². The lowest BCUT2D eigenvalue weighted by Gasteiger charge is -2.39. The summed E-state index contributed by atoms with van der Waals surface area (Å²) in [6, 6.07) is 19.3. The standard InChI is InChI=1S/C21H28N2O/c1-22(2)17-21(24)12-14-23(15-13-21)16-18-8-10-20(11-9-18)19-6-4-3-5-7-19/h3-11,24H,12-17H2,1-2H3. The number of benzene rings is 2. The maximum Gasteiger partial charge on any atom is 0.0798 e. The van der Waals surface area contributed by atoms with Crippen LogP contribution < -0.4 is 0 Å². The van der Waals surface area contributed by atoms with Crippen molar-refractivity contribution in [3.8, 4) is 11.1 Å². The van der Waals surface area contributed by atoms with E-state index in [1.807, 2.05) is 20.2 Å². The van der Waals surface area contributed by atoms with E-state index in [0.717, 1.165) is 39.0 Å². The summed E-state index contributed by atoms with van der Waals surface area (Å²) in [5.74, 6) is 0. The van der Waals surface area contributed by atoms with Gasteiger partial charge >= 0.3 is 0 Å². The van der Waals surface area contributed by atoms with Gasteiger partial charge in [-0.2, -0.15) is 0 Å². The van der Waals surface area contributed by atoms with Gasteiger partial charge in [0, 0.05) is 26.2 Å². The molecule has 3 nitrogen and oxygen atoms in total. The number of hydrogen-bond acceptors (Lipinski definition) is 3. The van der Waals surface area contributed by atoms with Gasteiger partial charge in [-0.1, -0.05) is 54.6 Å². The van der Waals surface area contributed by atoms with E-state index < -0.39 is 5.60 Å². The van der Waals surface area contributed by atoms with Gasteiger partial charge in [0.15, 0.2) is 0 Å². The Hall–Kier alpha value is -1.68. The van der Waals surface area contributed by atoms with Gasteiger partial charge in [-0.25, -0.2) is 0 Å². The molecular weight excluding hydrogens is 296 g/mol. The number of rotatable bonds is 5. The molecule has 0 radical (unpaired) electrons. The van der Waals surface area contributed by atoms with E-state index in [-0.39, 0.29) is 0 Å². The van der Waals surface area contributed by atoms with Crippen molar-refractivity contribution in [2.24, 2.45) is 0 Å². The minimum Gasteiger partial charge on any atom is -0.388 e. The Morgan fingerprint density at radius 2 is 1.50 bits per heavy atom. The molecule has 1 heterocycles. The smallest absolute Gasteiger partial charge is 0.0798 e. The van der Waals surface area contributed by atoms with E-state index in [1.54, 1.807) is 0 Å². The van der Waals surface area contributed by atoms with Gasteiger partial charge in [-0.15, -0.1) is 0 Å². The molecule has 0 aromatic heterocycles. The van der Waals surface area contributed by atoms with Crippen molar-refractivity contribution in [1.82, 2.24) is 9.80 Å². The van der Waals surface area contributed by atoms with Gasteiger partial charge < -0.3 is 10.0 Å². The molecule has 2 aromatic carbocycles. The molecule has 128 valence electrons. The Bertz CT molecular complexity index is 629. The molecule has 0 aliphatic carbocycles. The zero-order chi connectivity index (χ0) is 17.0. The van der Waals surface area contributed by atoms with Crippen LogP contribution in [-0.4, -0.2) is 54.2 Å². The van der Waals surface area contributed by atoms with Gasteiger partial charge in [0.2, 0.25) is 0 Å². The lowest BCUT2D eigenvalue weighted by molar-refractivity contribution is -0.0388. The maximum absolute atomic E-state index is 10.6. The summed E-state index contributed by atoms with van der Waals surface area (Å²) in [4.78, 5) is 4.53. The van der Waals surface area contributed by atoms with E-state index in [0.29, 0.717) is 0 Å². The van der Waals surface area contributed by atoms with Crippen LogP contribution in [0, 0.1) is 0 Å². The maximum atomic E-state index is 10.6. The average molecular weight is 324 g/mol. The largest absolute Gasteiger partial charge is 0.388 e. The minimum atomic E-state index is -0.517. The third-order valence-corrected chi connectivity index (χ3v) is 4.86. The first-order valence-electron chi connectivity index (χ1n) is 8.78. The summed E-state index contributed by atoms with van der Waals surface area (Å²) < 4.78 is 0. The number of likely N-dealkylation sites (tertiary alicyclic amines) is 1. The molecule has 1 N–H and O–H groups in total. The third kappa shape index (κ3) is 4.44. The topological polar surface area (TPSA) is 26.7 Å².